The van der Waals surface area contributed by atoms with Crippen LogP contribution in [0.2, 0.25) is 0 Å². The van der Waals surface area contributed by atoms with Crippen LogP contribution in [0.4, 0.5) is 0 Å². The van der Waals surface area contributed by atoms with Crippen LogP contribution in [0.1, 0.15) is 41.5 Å². The molecule has 1 aromatic heterocycles. The maximum Gasteiger partial charge on any atom is 0.268 e. The maximum atomic E-state index is 13.0. The second-order valence-electron chi connectivity index (χ2n) is 6.92. The van der Waals surface area contributed by atoms with Crippen molar-refractivity contribution in [2.45, 2.75) is 26.8 Å². The third-order valence-corrected chi connectivity index (χ3v) is 5.10. The van der Waals surface area contributed by atoms with Gasteiger partial charge in [0, 0.05) is 10.9 Å². The van der Waals surface area contributed by atoms with Crippen molar-refractivity contribution in [3.8, 4) is 23.0 Å². The van der Waals surface area contributed by atoms with Crippen LogP contribution in [0.15, 0.2) is 30.3 Å². The summed E-state index contributed by atoms with van der Waals surface area (Å²) < 4.78 is 21.8. The number of hydrogen-bond donors (Lipinski definition) is 2. The molecule has 3 aromatic rings. The Labute approximate surface area is 176 Å². The predicted octanol–water partition coefficient (Wildman–Crippen LogP) is 4.39. The Balaban J connectivity index is 1.88. The van der Waals surface area contributed by atoms with Gasteiger partial charge in [-0.1, -0.05) is 0 Å². The quantitative estimate of drug-likeness (QED) is 0.573. The summed E-state index contributed by atoms with van der Waals surface area (Å²) in [5, 5.41) is 4.01. The van der Waals surface area contributed by atoms with E-state index in [1.807, 2.05) is 51.1 Å². The molecule has 30 heavy (non-hydrogen) atoms. The molecule has 0 bridgehead atoms. The first-order chi connectivity index (χ1) is 14.4. The van der Waals surface area contributed by atoms with Gasteiger partial charge in [0.15, 0.2) is 11.5 Å². The van der Waals surface area contributed by atoms with Gasteiger partial charge in [-0.2, -0.15) is 0 Å². The third kappa shape index (κ3) is 4.01. The van der Waals surface area contributed by atoms with Gasteiger partial charge in [-0.25, -0.2) is 0 Å². The largest absolute Gasteiger partial charge is 0.494 e. The van der Waals surface area contributed by atoms with Gasteiger partial charge in [-0.3, -0.25) is 4.79 Å². The molecule has 2 N–H and O–H groups in total. The maximum absolute atomic E-state index is 13.0. The van der Waals surface area contributed by atoms with E-state index in [2.05, 4.69) is 10.3 Å². The summed E-state index contributed by atoms with van der Waals surface area (Å²) in [6, 6.07) is 9.15. The third-order valence-electron chi connectivity index (χ3n) is 5.10. The lowest BCUT2D eigenvalue weighted by Crippen LogP contribution is -2.27. The number of ether oxygens (including phenoxy) is 4. The highest BCUT2D eigenvalue weighted by molar-refractivity contribution is 6.01. The molecule has 1 amide bonds. The number of hydrogen-bond acceptors (Lipinski definition) is 5. The zero-order valence-corrected chi connectivity index (χ0v) is 18.2. The Bertz CT molecular complexity index is 1030. The first-order valence-corrected chi connectivity index (χ1v) is 9.79. The second kappa shape index (κ2) is 8.98. The Kier molecular flexibility index (Phi) is 6.40. The van der Waals surface area contributed by atoms with Gasteiger partial charge in [-0.05, 0) is 62.2 Å². The molecule has 0 fully saturated rings. The van der Waals surface area contributed by atoms with Crippen LogP contribution >= 0.6 is 0 Å². The molecule has 7 nitrogen and oxygen atoms in total. The monoisotopic (exact) mass is 412 g/mol. The summed E-state index contributed by atoms with van der Waals surface area (Å²) in [6.07, 6.45) is 0. The first kappa shape index (κ1) is 21.4. The molecular weight excluding hydrogens is 384 g/mol. The minimum absolute atomic E-state index is 0.192. The summed E-state index contributed by atoms with van der Waals surface area (Å²) in [5.41, 5.74) is 3.13. The summed E-state index contributed by atoms with van der Waals surface area (Å²) >= 11 is 0. The average Bonchev–Trinajstić information content (AvgIpc) is 3.08. The highest BCUT2D eigenvalue weighted by Crippen LogP contribution is 2.39. The van der Waals surface area contributed by atoms with Gasteiger partial charge in [0.25, 0.3) is 5.91 Å². The van der Waals surface area contributed by atoms with Crippen molar-refractivity contribution in [2.75, 3.05) is 27.9 Å². The molecule has 0 aliphatic carbocycles. The molecule has 0 saturated heterocycles. The molecule has 1 heterocycles. The standard InChI is InChI=1S/C23H28N2O5/c1-7-30-16-8-9-18-17(12-16)13(2)21(25-18)23(26)24-14(3)15-10-19(27-4)22(29-6)20(11-15)28-5/h8-12,14,25H,7H2,1-6H3,(H,24,26). The summed E-state index contributed by atoms with van der Waals surface area (Å²) in [6.45, 7) is 6.36. The Morgan fingerprint density at radius 1 is 1.07 bits per heavy atom. The van der Waals surface area contributed by atoms with E-state index >= 15 is 0 Å². The lowest BCUT2D eigenvalue weighted by Gasteiger charge is -2.18. The van der Waals surface area contributed by atoms with Gasteiger partial charge < -0.3 is 29.2 Å². The fourth-order valence-electron chi connectivity index (χ4n) is 3.49. The number of nitrogens with one attached hydrogen (secondary N) is 2. The van der Waals surface area contributed by atoms with Crippen LogP contribution in [0.3, 0.4) is 0 Å². The fourth-order valence-corrected chi connectivity index (χ4v) is 3.49. The van der Waals surface area contributed by atoms with E-state index in [9.17, 15) is 4.79 Å². The Morgan fingerprint density at radius 2 is 1.73 bits per heavy atom. The van der Waals surface area contributed by atoms with Gasteiger partial charge in [0.05, 0.1) is 34.0 Å². The van der Waals surface area contributed by atoms with Crippen molar-refractivity contribution in [1.29, 1.82) is 0 Å². The van der Waals surface area contributed by atoms with Crippen molar-refractivity contribution >= 4 is 16.8 Å². The minimum Gasteiger partial charge on any atom is -0.494 e. The zero-order chi connectivity index (χ0) is 21.8. The van der Waals surface area contributed by atoms with Crippen molar-refractivity contribution in [1.82, 2.24) is 10.3 Å². The smallest absolute Gasteiger partial charge is 0.268 e. The molecule has 2 aromatic carbocycles. The number of fused-ring (bicyclic) bond motifs is 1. The SMILES string of the molecule is CCOc1ccc2[nH]c(C(=O)NC(C)c3cc(OC)c(OC)c(OC)c3)c(C)c2c1. The van der Waals surface area contributed by atoms with Crippen molar-refractivity contribution in [3.05, 3.63) is 47.2 Å². The fraction of sp³-hybridized carbons (Fsp3) is 0.348. The number of carbonyl (C=O) groups is 1. The number of benzene rings is 2. The van der Waals surface area contributed by atoms with Crippen molar-refractivity contribution in [3.63, 3.8) is 0 Å². The highest BCUT2D eigenvalue weighted by atomic mass is 16.5. The van der Waals surface area contributed by atoms with Crippen LogP contribution in [0, 0.1) is 6.92 Å². The van der Waals surface area contributed by atoms with E-state index in [1.54, 1.807) is 21.3 Å². The van der Waals surface area contributed by atoms with Crippen LogP contribution in [-0.4, -0.2) is 38.8 Å². The molecule has 0 aliphatic heterocycles. The van der Waals surface area contributed by atoms with Crippen LogP contribution in [-0.2, 0) is 0 Å². The van der Waals surface area contributed by atoms with Crippen molar-refractivity contribution < 1.29 is 23.7 Å². The number of aromatic amines is 1. The molecule has 3 rings (SSSR count). The molecule has 0 saturated carbocycles. The zero-order valence-electron chi connectivity index (χ0n) is 18.2. The molecule has 160 valence electrons. The number of methoxy groups -OCH3 is 3. The lowest BCUT2D eigenvalue weighted by molar-refractivity contribution is 0.0935. The van der Waals surface area contributed by atoms with E-state index < -0.39 is 0 Å². The number of carbonyl (C=O) groups excluding carboxylic acids is 1. The first-order valence-electron chi connectivity index (χ1n) is 9.79. The summed E-state index contributed by atoms with van der Waals surface area (Å²) in [7, 11) is 4.68. The molecule has 0 spiro atoms. The van der Waals surface area contributed by atoms with Crippen LogP contribution < -0.4 is 24.3 Å². The van der Waals surface area contributed by atoms with E-state index in [0.717, 1.165) is 27.8 Å². The van der Waals surface area contributed by atoms with Gasteiger partial charge in [0.1, 0.15) is 11.4 Å². The molecular formula is C23H28N2O5. The molecule has 1 atom stereocenters. The van der Waals surface area contributed by atoms with E-state index in [0.29, 0.717) is 29.5 Å². The van der Waals surface area contributed by atoms with Crippen molar-refractivity contribution in [2.24, 2.45) is 0 Å². The van der Waals surface area contributed by atoms with E-state index in [1.165, 1.54) is 0 Å². The topological polar surface area (TPSA) is 81.8 Å². The minimum atomic E-state index is -0.281. The average molecular weight is 412 g/mol. The van der Waals surface area contributed by atoms with Gasteiger partial charge in [-0.15, -0.1) is 0 Å². The second-order valence-corrected chi connectivity index (χ2v) is 6.92. The Morgan fingerprint density at radius 3 is 2.30 bits per heavy atom. The van der Waals surface area contributed by atoms with Gasteiger partial charge in [0.2, 0.25) is 5.75 Å². The lowest BCUT2D eigenvalue weighted by atomic mass is 10.1. The van der Waals surface area contributed by atoms with E-state index in [4.69, 9.17) is 18.9 Å². The number of aromatic nitrogens is 1. The summed E-state index contributed by atoms with van der Waals surface area (Å²) in [4.78, 5) is 16.2. The molecule has 0 aliphatic rings. The Hall–Kier alpha value is -3.35. The van der Waals surface area contributed by atoms with Crippen LogP contribution in [0.5, 0.6) is 23.0 Å². The predicted molar refractivity (Wildman–Crippen MR) is 116 cm³/mol. The van der Waals surface area contributed by atoms with Crippen LogP contribution in [0.25, 0.3) is 10.9 Å². The number of H-pyrrole nitrogens is 1. The normalized spacial score (nSPS) is 11.8. The van der Waals surface area contributed by atoms with E-state index in [-0.39, 0.29) is 11.9 Å². The molecule has 7 heteroatoms. The summed E-state index contributed by atoms with van der Waals surface area (Å²) in [5.74, 6) is 2.18. The molecule has 0 radical (unpaired) electrons. The van der Waals surface area contributed by atoms with Gasteiger partial charge >= 0.3 is 0 Å². The number of rotatable bonds is 8. The molecule has 1 unspecified atom stereocenters. The number of aryl methyl sites for hydroxylation is 1. The number of amides is 1. The highest BCUT2D eigenvalue weighted by Gasteiger charge is 2.20.